The average Bonchev–Trinajstić information content (AvgIpc) is 2.77. The number of methoxy groups -OCH3 is 2. The van der Waals surface area contributed by atoms with E-state index in [0.29, 0.717) is 33.9 Å². The fraction of sp³-hybridized carbons (Fsp3) is 0.130. The van der Waals surface area contributed by atoms with E-state index in [9.17, 15) is 9.59 Å². The van der Waals surface area contributed by atoms with Gasteiger partial charge in [-0.1, -0.05) is 30.3 Å². The summed E-state index contributed by atoms with van der Waals surface area (Å²) in [5.74, 6) is 1.30. The van der Waals surface area contributed by atoms with E-state index >= 15 is 0 Å². The average molecular weight is 376 g/mol. The van der Waals surface area contributed by atoms with E-state index in [-0.39, 0.29) is 18.2 Å². The predicted molar refractivity (Wildman–Crippen MR) is 106 cm³/mol. The van der Waals surface area contributed by atoms with E-state index in [4.69, 9.17) is 14.2 Å². The van der Waals surface area contributed by atoms with Crippen LogP contribution in [-0.2, 0) is 0 Å². The number of rotatable bonds is 8. The van der Waals surface area contributed by atoms with E-state index < -0.39 is 0 Å². The quantitative estimate of drug-likeness (QED) is 0.552. The highest BCUT2D eigenvalue weighted by atomic mass is 16.5. The number of carbonyl (C=O) groups excluding carboxylic acids is 2. The summed E-state index contributed by atoms with van der Waals surface area (Å²) in [6, 6.07) is 20.7. The Bertz CT molecular complexity index is 962. The van der Waals surface area contributed by atoms with E-state index in [0.717, 1.165) is 0 Å². The van der Waals surface area contributed by atoms with Crippen LogP contribution < -0.4 is 14.2 Å². The Morgan fingerprint density at radius 3 is 1.96 bits per heavy atom. The third-order valence-corrected chi connectivity index (χ3v) is 4.23. The summed E-state index contributed by atoms with van der Waals surface area (Å²) in [5.41, 5.74) is 1.65. The van der Waals surface area contributed by atoms with Gasteiger partial charge in [0.15, 0.2) is 29.7 Å². The molecule has 0 aliphatic heterocycles. The van der Waals surface area contributed by atoms with Crippen molar-refractivity contribution >= 4 is 11.6 Å². The van der Waals surface area contributed by atoms with Crippen LogP contribution >= 0.6 is 0 Å². The lowest BCUT2D eigenvalue weighted by molar-refractivity contribution is 0.0920. The number of carbonyl (C=O) groups is 2. The monoisotopic (exact) mass is 376 g/mol. The third kappa shape index (κ3) is 4.38. The molecule has 0 aliphatic rings. The molecule has 28 heavy (non-hydrogen) atoms. The molecule has 0 unspecified atom stereocenters. The molecule has 3 aromatic rings. The van der Waals surface area contributed by atoms with Gasteiger partial charge in [0.2, 0.25) is 0 Å². The van der Waals surface area contributed by atoms with Gasteiger partial charge in [-0.05, 0) is 42.5 Å². The second-order valence-electron chi connectivity index (χ2n) is 6.00. The highest BCUT2D eigenvalue weighted by molar-refractivity contribution is 6.09. The van der Waals surface area contributed by atoms with Crippen LogP contribution in [0.4, 0.5) is 0 Å². The maximum absolute atomic E-state index is 12.4. The second kappa shape index (κ2) is 8.86. The molecule has 0 aromatic heterocycles. The van der Waals surface area contributed by atoms with Gasteiger partial charge in [0, 0.05) is 16.7 Å². The molecule has 3 aromatic carbocycles. The third-order valence-electron chi connectivity index (χ3n) is 4.23. The number of ketones is 2. The van der Waals surface area contributed by atoms with Crippen LogP contribution in [0.15, 0.2) is 72.8 Å². The van der Waals surface area contributed by atoms with Crippen LogP contribution in [0, 0.1) is 0 Å². The Hall–Kier alpha value is -3.60. The summed E-state index contributed by atoms with van der Waals surface area (Å²) in [4.78, 5) is 24.8. The molecule has 5 heteroatoms. The molecule has 0 aliphatic carbocycles. The van der Waals surface area contributed by atoms with Gasteiger partial charge in [-0.2, -0.15) is 0 Å². The van der Waals surface area contributed by atoms with Gasteiger partial charge >= 0.3 is 0 Å². The van der Waals surface area contributed by atoms with Crippen LogP contribution in [0.2, 0.25) is 0 Å². The number of ether oxygens (including phenoxy) is 3. The Labute approximate surface area is 163 Å². The molecular formula is C23H20O5. The van der Waals surface area contributed by atoms with Crippen molar-refractivity contribution in [3.63, 3.8) is 0 Å². The van der Waals surface area contributed by atoms with Crippen molar-refractivity contribution < 1.29 is 23.8 Å². The molecule has 0 heterocycles. The zero-order chi connectivity index (χ0) is 19.9. The first-order valence-corrected chi connectivity index (χ1v) is 8.70. The fourth-order valence-corrected chi connectivity index (χ4v) is 2.70. The van der Waals surface area contributed by atoms with Crippen molar-refractivity contribution in [3.8, 4) is 17.2 Å². The molecule has 142 valence electrons. The second-order valence-corrected chi connectivity index (χ2v) is 6.00. The minimum Gasteiger partial charge on any atom is -0.493 e. The summed E-state index contributed by atoms with van der Waals surface area (Å²) >= 11 is 0. The molecule has 0 spiro atoms. The van der Waals surface area contributed by atoms with E-state index in [2.05, 4.69) is 0 Å². The summed E-state index contributed by atoms with van der Waals surface area (Å²) in [6.07, 6.45) is 0. The highest BCUT2D eigenvalue weighted by Gasteiger charge is 2.12. The van der Waals surface area contributed by atoms with Gasteiger partial charge in [0.25, 0.3) is 0 Å². The summed E-state index contributed by atoms with van der Waals surface area (Å²) in [5, 5.41) is 0. The highest BCUT2D eigenvalue weighted by Crippen LogP contribution is 2.27. The summed E-state index contributed by atoms with van der Waals surface area (Å²) in [6.45, 7) is -0.124. The maximum atomic E-state index is 12.4. The Morgan fingerprint density at radius 1 is 0.714 bits per heavy atom. The molecule has 0 bridgehead atoms. The van der Waals surface area contributed by atoms with Crippen molar-refractivity contribution in [2.45, 2.75) is 0 Å². The SMILES string of the molecule is COc1ccc(C(=O)COc2ccc(C(=O)c3ccccc3)cc2)cc1OC. The molecule has 0 atom stereocenters. The van der Waals surface area contributed by atoms with E-state index in [1.54, 1.807) is 54.6 Å². The number of hydrogen-bond acceptors (Lipinski definition) is 5. The first-order valence-electron chi connectivity index (χ1n) is 8.70. The van der Waals surface area contributed by atoms with Gasteiger partial charge < -0.3 is 14.2 Å². The van der Waals surface area contributed by atoms with Crippen molar-refractivity contribution in [3.05, 3.63) is 89.5 Å². The van der Waals surface area contributed by atoms with Gasteiger partial charge in [0.1, 0.15) is 5.75 Å². The Kier molecular flexibility index (Phi) is 6.07. The van der Waals surface area contributed by atoms with Crippen molar-refractivity contribution in [2.24, 2.45) is 0 Å². The molecule has 3 rings (SSSR count). The number of hydrogen-bond donors (Lipinski definition) is 0. The lowest BCUT2D eigenvalue weighted by Crippen LogP contribution is -2.12. The molecule has 0 N–H and O–H groups in total. The smallest absolute Gasteiger partial charge is 0.200 e. The zero-order valence-corrected chi connectivity index (χ0v) is 15.7. The molecule has 0 fully saturated rings. The molecule has 0 radical (unpaired) electrons. The largest absolute Gasteiger partial charge is 0.493 e. The van der Waals surface area contributed by atoms with Crippen molar-refractivity contribution in [1.82, 2.24) is 0 Å². The van der Waals surface area contributed by atoms with Gasteiger partial charge in [0.05, 0.1) is 14.2 Å². The molecule has 5 nitrogen and oxygen atoms in total. The molecule has 0 saturated heterocycles. The van der Waals surface area contributed by atoms with Crippen molar-refractivity contribution in [1.29, 1.82) is 0 Å². The van der Waals surface area contributed by atoms with Gasteiger partial charge in [-0.3, -0.25) is 9.59 Å². The fourth-order valence-electron chi connectivity index (χ4n) is 2.70. The minimum absolute atomic E-state index is 0.0615. The lowest BCUT2D eigenvalue weighted by Gasteiger charge is -2.10. The zero-order valence-electron chi connectivity index (χ0n) is 15.7. The van der Waals surface area contributed by atoms with E-state index in [1.165, 1.54) is 14.2 Å². The van der Waals surface area contributed by atoms with Crippen LogP contribution in [0.3, 0.4) is 0 Å². The Balaban J connectivity index is 1.63. The summed E-state index contributed by atoms with van der Waals surface area (Å²) in [7, 11) is 3.05. The number of Topliss-reactive ketones (excluding diaryl/α,β-unsaturated/α-hetero) is 1. The van der Waals surface area contributed by atoms with Crippen LogP contribution in [-0.4, -0.2) is 32.4 Å². The first-order chi connectivity index (χ1) is 13.6. The van der Waals surface area contributed by atoms with Crippen LogP contribution in [0.25, 0.3) is 0 Å². The maximum Gasteiger partial charge on any atom is 0.200 e. The van der Waals surface area contributed by atoms with Gasteiger partial charge in [-0.15, -0.1) is 0 Å². The standard InChI is InChI=1S/C23H20O5/c1-26-21-13-10-18(14-22(21)27-2)20(24)15-28-19-11-8-17(9-12-19)23(25)16-6-4-3-5-7-16/h3-14H,15H2,1-2H3. The van der Waals surface area contributed by atoms with Crippen LogP contribution in [0.1, 0.15) is 26.3 Å². The first kappa shape index (κ1) is 19.2. The van der Waals surface area contributed by atoms with E-state index in [1.807, 2.05) is 18.2 Å². The van der Waals surface area contributed by atoms with Crippen molar-refractivity contribution in [2.75, 3.05) is 20.8 Å². The Morgan fingerprint density at radius 2 is 1.32 bits per heavy atom. The number of benzene rings is 3. The molecular weight excluding hydrogens is 356 g/mol. The topological polar surface area (TPSA) is 61.8 Å². The molecule has 0 amide bonds. The molecule has 0 saturated carbocycles. The lowest BCUT2D eigenvalue weighted by atomic mass is 10.0. The minimum atomic E-state index is -0.189. The predicted octanol–water partition coefficient (Wildman–Crippen LogP) is 4.20. The summed E-state index contributed by atoms with van der Waals surface area (Å²) < 4.78 is 15.9. The normalized spacial score (nSPS) is 10.2. The van der Waals surface area contributed by atoms with Gasteiger partial charge in [-0.25, -0.2) is 0 Å². The van der Waals surface area contributed by atoms with Crippen LogP contribution in [0.5, 0.6) is 17.2 Å².